The standard InChI is InChI=1S/C7H6O5.Bi.HI/c8-4-1-3(7(11)12)2-5(9)6(4)10;;/h1-2,8-10H,(H,11,12);;1H/q;+2;/p-2. The molecule has 14 heavy (non-hydrogen) atoms. The molecular weight excluding hydrogens is 500 g/mol. The number of benzene rings is 1. The number of phenolic OH excluding ortho intramolecular Hbond substituents is 3. The molecule has 0 aliphatic carbocycles. The quantitative estimate of drug-likeness (QED) is 0.317. The second kappa shape index (κ2) is 4.97. The second-order valence-electron chi connectivity index (χ2n) is 2.31. The van der Waals surface area contributed by atoms with Gasteiger partial charge in [-0.1, -0.05) is 0 Å². The Morgan fingerprint density at radius 1 is 1.29 bits per heavy atom. The molecule has 1 aromatic carbocycles. The van der Waals surface area contributed by atoms with Crippen LogP contribution < -0.4 is 0 Å². The summed E-state index contributed by atoms with van der Waals surface area (Å²) in [6.45, 7) is 0. The Hall–Kier alpha value is -0.297. The Labute approximate surface area is 101 Å². The van der Waals surface area contributed by atoms with Crippen LogP contribution in [0.15, 0.2) is 12.1 Å². The van der Waals surface area contributed by atoms with Crippen LogP contribution in [0.4, 0.5) is 0 Å². The summed E-state index contributed by atoms with van der Waals surface area (Å²) in [5, 5.41) is 27.2. The number of halogens is 1. The Morgan fingerprint density at radius 3 is 2.21 bits per heavy atom. The summed E-state index contributed by atoms with van der Waals surface area (Å²) in [6.07, 6.45) is 0. The predicted molar refractivity (Wildman–Crippen MR) is 56.6 cm³/mol. The summed E-state index contributed by atoms with van der Waals surface area (Å²) >= 11 is 0.775. The van der Waals surface area contributed by atoms with Gasteiger partial charge in [0, 0.05) is 0 Å². The van der Waals surface area contributed by atoms with Gasteiger partial charge in [0.15, 0.2) is 0 Å². The molecule has 0 aliphatic rings. The van der Waals surface area contributed by atoms with Crippen molar-refractivity contribution in [2.45, 2.75) is 0 Å². The van der Waals surface area contributed by atoms with Crippen LogP contribution in [0.1, 0.15) is 10.4 Å². The maximum absolute atomic E-state index is 11.2. The van der Waals surface area contributed by atoms with Crippen molar-refractivity contribution < 1.29 is 22.9 Å². The second-order valence-corrected chi connectivity index (χ2v) is 7.01. The molecule has 3 N–H and O–H groups in total. The van der Waals surface area contributed by atoms with Gasteiger partial charge in [-0.3, -0.25) is 0 Å². The van der Waals surface area contributed by atoms with Gasteiger partial charge >= 0.3 is 101 Å². The van der Waals surface area contributed by atoms with E-state index in [-0.39, 0.29) is 5.56 Å². The normalized spacial score (nSPS) is 9.79. The summed E-state index contributed by atoms with van der Waals surface area (Å²) < 4.78 is 4.80. The summed E-state index contributed by atoms with van der Waals surface area (Å²) in [6, 6.07) is 2.09. The van der Waals surface area contributed by atoms with Crippen LogP contribution in [-0.4, -0.2) is 40.8 Å². The van der Waals surface area contributed by atoms with Crippen LogP contribution in [0.5, 0.6) is 17.2 Å². The molecule has 5 nitrogen and oxygen atoms in total. The van der Waals surface area contributed by atoms with Crippen LogP contribution in [0.25, 0.3) is 0 Å². The molecule has 7 heteroatoms. The third-order valence-corrected chi connectivity index (χ3v) is 4.06. The van der Waals surface area contributed by atoms with E-state index >= 15 is 0 Å². The molecule has 0 saturated heterocycles. The van der Waals surface area contributed by atoms with Crippen molar-refractivity contribution in [3.8, 4) is 17.2 Å². The molecule has 1 aromatic rings. The third-order valence-electron chi connectivity index (χ3n) is 1.42. The molecule has 0 amide bonds. The molecule has 0 unspecified atom stereocenters. The van der Waals surface area contributed by atoms with Gasteiger partial charge < -0.3 is 0 Å². The molecule has 0 saturated carbocycles. The fourth-order valence-corrected chi connectivity index (χ4v) is 3.03. The van der Waals surface area contributed by atoms with Gasteiger partial charge in [0.05, 0.1) is 0 Å². The van der Waals surface area contributed by atoms with Crippen LogP contribution in [-0.2, 0) is 2.81 Å². The summed E-state index contributed by atoms with van der Waals surface area (Å²) in [5.74, 6) is -2.33. The van der Waals surface area contributed by atoms with E-state index < -0.39 is 42.7 Å². The minimum atomic E-state index is -1.24. The summed E-state index contributed by atoms with van der Waals surface area (Å²) in [4.78, 5) is 11.2. The molecule has 0 atom stereocenters. The van der Waals surface area contributed by atoms with E-state index in [0.29, 0.717) is 0 Å². The summed E-state index contributed by atoms with van der Waals surface area (Å²) in [5.41, 5.74) is 0.0261. The number of hydrogen-bond acceptors (Lipinski definition) is 5. The molecule has 0 fully saturated rings. The first-order chi connectivity index (χ1) is 6.56. The molecule has 1 radical (unpaired) electrons. The molecular formula is C7H5BiIO5. The molecule has 0 heterocycles. The average Bonchev–Trinajstić information content (AvgIpc) is 2.13. The average molecular weight is 505 g/mol. The molecule has 75 valence electrons. The van der Waals surface area contributed by atoms with Gasteiger partial charge in [0.1, 0.15) is 0 Å². The van der Waals surface area contributed by atoms with Gasteiger partial charge in [-0.2, -0.15) is 0 Å². The first-order valence-corrected chi connectivity index (χ1v) is 14.5. The number of rotatable bonds is 2. The van der Waals surface area contributed by atoms with Crippen molar-refractivity contribution >= 4 is 43.5 Å². The first kappa shape index (κ1) is 11.8. The van der Waals surface area contributed by atoms with Gasteiger partial charge in [-0.05, 0) is 0 Å². The number of carbonyl (C=O) groups excluding carboxylic acids is 1. The van der Waals surface area contributed by atoms with Gasteiger partial charge in [0.2, 0.25) is 0 Å². The van der Waals surface area contributed by atoms with E-state index in [0.717, 1.165) is 12.1 Å². The Morgan fingerprint density at radius 2 is 1.79 bits per heavy atom. The Kier molecular flexibility index (Phi) is 4.18. The van der Waals surface area contributed by atoms with Gasteiger partial charge in [-0.15, -0.1) is 0 Å². The van der Waals surface area contributed by atoms with Crippen LogP contribution in [0.3, 0.4) is 0 Å². The fourth-order valence-electron chi connectivity index (χ4n) is 0.806. The van der Waals surface area contributed by atoms with E-state index in [1.807, 2.05) is 18.0 Å². The van der Waals surface area contributed by atoms with Crippen molar-refractivity contribution in [1.82, 2.24) is 0 Å². The van der Waals surface area contributed by atoms with Crippen molar-refractivity contribution in [2.75, 3.05) is 0 Å². The summed E-state index contributed by atoms with van der Waals surface area (Å²) in [7, 11) is 0. The number of hydrogen-bond donors (Lipinski definition) is 3. The topological polar surface area (TPSA) is 87.0 Å². The molecule has 0 aromatic heterocycles. The fraction of sp³-hybridized carbons (Fsp3) is 0. The van der Waals surface area contributed by atoms with Gasteiger partial charge in [0.25, 0.3) is 0 Å². The zero-order chi connectivity index (χ0) is 10.7. The molecule has 0 spiro atoms. The Bertz CT molecular complexity index is 344. The third kappa shape index (κ3) is 2.60. The Balaban J connectivity index is 3.06. The number of phenols is 3. The monoisotopic (exact) mass is 505 g/mol. The zero-order valence-electron chi connectivity index (χ0n) is 6.64. The van der Waals surface area contributed by atoms with Crippen LogP contribution in [0.2, 0.25) is 0 Å². The van der Waals surface area contributed by atoms with E-state index in [1.165, 1.54) is 0 Å². The number of aromatic hydroxyl groups is 3. The van der Waals surface area contributed by atoms with E-state index in [9.17, 15) is 4.79 Å². The first-order valence-electron chi connectivity index (χ1n) is 3.34. The van der Waals surface area contributed by atoms with E-state index in [2.05, 4.69) is 0 Å². The minimum absolute atomic E-state index is 0.0261. The van der Waals surface area contributed by atoms with Crippen molar-refractivity contribution in [2.24, 2.45) is 0 Å². The molecule has 0 aliphatic heterocycles. The van der Waals surface area contributed by atoms with Crippen LogP contribution in [0, 0.1) is 0 Å². The predicted octanol–water partition coefficient (Wildman–Crippen LogP) is 0.929. The number of carbonyl (C=O) groups is 1. The van der Waals surface area contributed by atoms with E-state index in [1.54, 1.807) is 0 Å². The molecule has 1 rings (SSSR count). The maximum atomic E-state index is 11.2. The van der Waals surface area contributed by atoms with Crippen molar-refractivity contribution in [3.63, 3.8) is 0 Å². The van der Waals surface area contributed by atoms with Gasteiger partial charge in [-0.25, -0.2) is 0 Å². The van der Waals surface area contributed by atoms with E-state index in [4.69, 9.17) is 18.1 Å². The van der Waals surface area contributed by atoms with Crippen LogP contribution >= 0.6 is 18.0 Å². The SMILES string of the molecule is O=C([O][Bi][I])c1cc(O)c(O)c(O)c1. The molecule has 0 bridgehead atoms. The van der Waals surface area contributed by atoms with Crippen molar-refractivity contribution in [3.05, 3.63) is 17.7 Å². The van der Waals surface area contributed by atoms with Crippen molar-refractivity contribution in [1.29, 1.82) is 0 Å². The zero-order valence-corrected chi connectivity index (χ0v) is 12.3.